The number of rotatable bonds is 14. The Morgan fingerprint density at radius 2 is 1.88 bits per heavy atom. The number of carbonyl (C=O) groups excluding carboxylic acids is 1. The van der Waals surface area contributed by atoms with Gasteiger partial charge in [-0.25, -0.2) is 8.42 Å². The number of sulfonamides is 1. The zero-order valence-corrected chi connectivity index (χ0v) is 24.0. The zero-order chi connectivity index (χ0) is 29.4. The number of nitrogens with one attached hydrogen (secondary N) is 2. The number of ether oxygens (including phenoxy) is 1. The van der Waals surface area contributed by atoms with Gasteiger partial charge < -0.3 is 19.7 Å². The molecule has 0 aliphatic rings. The molecule has 0 saturated heterocycles. The van der Waals surface area contributed by atoms with Gasteiger partial charge in [0.15, 0.2) is 0 Å². The van der Waals surface area contributed by atoms with E-state index in [4.69, 9.17) is 4.74 Å². The second kappa shape index (κ2) is 13.6. The number of unbranched alkanes of at least 4 members (excludes halogenated alkanes) is 2. The van der Waals surface area contributed by atoms with E-state index in [1.807, 2.05) is 5.38 Å². The molecule has 0 fully saturated rings. The van der Waals surface area contributed by atoms with E-state index in [-0.39, 0.29) is 22.6 Å². The molecule has 41 heavy (non-hydrogen) atoms. The van der Waals surface area contributed by atoms with E-state index in [2.05, 4.69) is 16.6 Å². The molecule has 0 unspecified atom stereocenters. The monoisotopic (exact) mass is 597 g/mol. The number of pyridine rings is 1. The molecule has 0 radical (unpaired) electrons. The van der Waals surface area contributed by atoms with Crippen LogP contribution >= 0.6 is 11.3 Å². The van der Waals surface area contributed by atoms with Crippen molar-refractivity contribution in [3.63, 3.8) is 0 Å². The van der Waals surface area contributed by atoms with Crippen LogP contribution in [-0.2, 0) is 26.2 Å². The summed E-state index contributed by atoms with van der Waals surface area (Å²) < 4.78 is 35.9. The Hall–Kier alpha value is -4.00. The van der Waals surface area contributed by atoms with Gasteiger partial charge in [-0.3, -0.25) is 14.4 Å². The van der Waals surface area contributed by atoms with Crippen molar-refractivity contribution in [1.82, 2.24) is 14.6 Å². The molecule has 1 atom stereocenters. The maximum Gasteiger partial charge on any atom is 0.323 e. The fourth-order valence-electron chi connectivity index (χ4n) is 4.30. The molecule has 10 nitrogen and oxygen atoms in total. The molecule has 0 saturated carbocycles. The Morgan fingerprint density at radius 3 is 2.61 bits per heavy atom. The Bertz CT molecular complexity index is 1670. The quantitative estimate of drug-likeness (QED) is 0.184. The lowest BCUT2D eigenvalue weighted by molar-refractivity contribution is -0.145. The highest BCUT2D eigenvalue weighted by molar-refractivity contribution is 7.89. The Kier molecular flexibility index (Phi) is 9.92. The second-order valence-electron chi connectivity index (χ2n) is 9.39. The summed E-state index contributed by atoms with van der Waals surface area (Å²) in [4.78, 5) is 41.8. The molecule has 0 spiro atoms. The van der Waals surface area contributed by atoms with Gasteiger partial charge >= 0.3 is 5.97 Å². The van der Waals surface area contributed by atoms with Crippen molar-refractivity contribution in [3.05, 3.63) is 92.9 Å². The van der Waals surface area contributed by atoms with Gasteiger partial charge in [0.25, 0.3) is 0 Å². The van der Waals surface area contributed by atoms with Gasteiger partial charge in [-0.2, -0.15) is 4.72 Å². The maximum atomic E-state index is 14.0. The van der Waals surface area contributed by atoms with Crippen molar-refractivity contribution in [3.8, 4) is 5.75 Å². The molecule has 0 aliphatic heterocycles. The summed E-state index contributed by atoms with van der Waals surface area (Å²) in [5.41, 5.74) is 0.402. The van der Waals surface area contributed by atoms with E-state index in [1.54, 1.807) is 36.4 Å². The number of nitrogens with zero attached hydrogens (tertiary/aromatic N) is 1. The highest BCUT2D eigenvalue weighted by Crippen LogP contribution is 2.30. The summed E-state index contributed by atoms with van der Waals surface area (Å²) in [6, 6.07) is 15.7. The standard InChI is InChI=1S/C29H31N3O7S2/c1-2-3-6-15-39-25-10-5-4-9-23(25)28(29(36)32(19-27(34)35)18-21-8-7-16-40-21)31-41(37,38)22-12-13-24-20(17-22)11-14-26(33)30-24/h4-5,7-14,16-17,28,31H,2-3,6,15,18-19H2,1H3,(H,30,33)(H,34,35)/t28-/m0/s1. The lowest BCUT2D eigenvalue weighted by Crippen LogP contribution is -2.44. The molecule has 3 N–H and O–H groups in total. The fourth-order valence-corrected chi connectivity index (χ4v) is 6.23. The number of fused-ring (bicyclic) bond motifs is 1. The van der Waals surface area contributed by atoms with Crippen LogP contribution in [0.3, 0.4) is 0 Å². The first-order valence-corrected chi connectivity index (χ1v) is 15.4. The Balaban J connectivity index is 1.75. The van der Waals surface area contributed by atoms with Crippen molar-refractivity contribution in [2.24, 2.45) is 0 Å². The maximum absolute atomic E-state index is 14.0. The predicted molar refractivity (Wildman–Crippen MR) is 156 cm³/mol. The number of carboxylic acids is 1. The van der Waals surface area contributed by atoms with Gasteiger partial charge in [0.05, 0.1) is 18.0 Å². The molecule has 0 bridgehead atoms. The second-order valence-corrected chi connectivity index (χ2v) is 12.1. The number of H-pyrrole nitrogens is 1. The van der Waals surface area contributed by atoms with Crippen LogP contribution in [0.25, 0.3) is 10.9 Å². The van der Waals surface area contributed by atoms with Crippen LogP contribution in [0.4, 0.5) is 0 Å². The van der Waals surface area contributed by atoms with Crippen molar-refractivity contribution >= 4 is 44.1 Å². The molecule has 2 heterocycles. The number of thiophene rings is 1. The number of aliphatic carboxylic acids is 1. The summed E-state index contributed by atoms with van der Waals surface area (Å²) >= 11 is 1.36. The van der Waals surface area contributed by atoms with E-state index >= 15 is 0 Å². The number of hydrogen-bond acceptors (Lipinski definition) is 7. The smallest absolute Gasteiger partial charge is 0.323 e. The van der Waals surface area contributed by atoms with Gasteiger partial charge in [-0.05, 0) is 53.6 Å². The first kappa shape index (κ1) is 30.0. The first-order valence-electron chi connectivity index (χ1n) is 13.1. The molecular weight excluding hydrogens is 566 g/mol. The summed E-state index contributed by atoms with van der Waals surface area (Å²) in [5.74, 6) is -1.64. The topological polar surface area (TPSA) is 146 Å². The molecule has 2 aromatic heterocycles. The molecule has 0 aliphatic carbocycles. The molecule has 1 amide bonds. The largest absolute Gasteiger partial charge is 0.493 e. The lowest BCUT2D eigenvalue weighted by atomic mass is 10.0. The van der Waals surface area contributed by atoms with Crippen LogP contribution in [-0.4, -0.2) is 48.4 Å². The number of carboxylic acid groups (broad SMARTS) is 1. The van der Waals surface area contributed by atoms with Gasteiger partial charge in [0, 0.05) is 22.0 Å². The Labute approximate surface area is 241 Å². The predicted octanol–water partition coefficient (Wildman–Crippen LogP) is 4.29. The number of aromatic amines is 1. The van der Waals surface area contributed by atoms with Crippen molar-refractivity contribution in [2.45, 2.75) is 43.7 Å². The number of hydrogen-bond donors (Lipinski definition) is 3. The minimum absolute atomic E-state index is 0.0100. The molecule has 216 valence electrons. The van der Waals surface area contributed by atoms with Gasteiger partial charge in [0.2, 0.25) is 21.5 Å². The average molecular weight is 598 g/mol. The minimum atomic E-state index is -4.31. The first-order chi connectivity index (χ1) is 19.7. The average Bonchev–Trinajstić information content (AvgIpc) is 3.46. The van der Waals surface area contributed by atoms with Gasteiger partial charge in [0.1, 0.15) is 18.3 Å². The molecular formula is C29H31N3O7S2. The summed E-state index contributed by atoms with van der Waals surface area (Å²) in [7, 11) is -4.31. The van der Waals surface area contributed by atoms with E-state index in [0.29, 0.717) is 23.3 Å². The highest BCUT2D eigenvalue weighted by Gasteiger charge is 2.34. The van der Waals surface area contributed by atoms with Crippen LogP contribution in [0.1, 0.15) is 42.7 Å². The third-order valence-electron chi connectivity index (χ3n) is 6.33. The van der Waals surface area contributed by atoms with E-state index in [9.17, 15) is 27.9 Å². The van der Waals surface area contributed by atoms with Crippen LogP contribution < -0.4 is 15.0 Å². The highest BCUT2D eigenvalue weighted by atomic mass is 32.2. The number of benzene rings is 2. The number of aromatic nitrogens is 1. The van der Waals surface area contributed by atoms with E-state index in [1.165, 1.54) is 41.7 Å². The van der Waals surface area contributed by atoms with Crippen LogP contribution in [0, 0.1) is 0 Å². The van der Waals surface area contributed by atoms with Gasteiger partial charge in [-0.15, -0.1) is 11.3 Å². The van der Waals surface area contributed by atoms with E-state index < -0.39 is 34.5 Å². The van der Waals surface area contributed by atoms with Crippen LogP contribution in [0.2, 0.25) is 0 Å². The summed E-state index contributed by atoms with van der Waals surface area (Å²) in [6.07, 6.45) is 2.70. The number of carbonyl (C=O) groups is 2. The Morgan fingerprint density at radius 1 is 1.07 bits per heavy atom. The molecule has 4 rings (SSSR count). The van der Waals surface area contributed by atoms with E-state index in [0.717, 1.165) is 29.0 Å². The molecule has 4 aromatic rings. The minimum Gasteiger partial charge on any atom is -0.493 e. The molecule has 12 heteroatoms. The third kappa shape index (κ3) is 7.81. The van der Waals surface area contributed by atoms with Gasteiger partial charge in [-0.1, -0.05) is 44.0 Å². The summed E-state index contributed by atoms with van der Waals surface area (Å²) in [6.45, 7) is 1.80. The van der Waals surface area contributed by atoms with Crippen LogP contribution in [0.15, 0.2) is 81.8 Å². The number of amides is 1. The third-order valence-corrected chi connectivity index (χ3v) is 8.61. The SMILES string of the molecule is CCCCCOc1ccccc1[C@H](NS(=O)(=O)c1ccc2[nH]c(=O)ccc2c1)C(=O)N(CC(=O)O)Cc1cccs1. The summed E-state index contributed by atoms with van der Waals surface area (Å²) in [5, 5.41) is 11.9. The normalized spacial score (nSPS) is 12.2. The number of para-hydroxylation sites is 1. The zero-order valence-electron chi connectivity index (χ0n) is 22.4. The fraction of sp³-hybridized carbons (Fsp3) is 0.276. The lowest BCUT2D eigenvalue weighted by Gasteiger charge is -2.27. The molecule has 2 aromatic carbocycles. The van der Waals surface area contributed by atoms with Crippen LogP contribution in [0.5, 0.6) is 5.75 Å². The van der Waals surface area contributed by atoms with Crippen molar-refractivity contribution in [1.29, 1.82) is 0 Å². The van der Waals surface area contributed by atoms with Crippen molar-refractivity contribution in [2.75, 3.05) is 13.2 Å². The van der Waals surface area contributed by atoms with Crippen molar-refractivity contribution < 1.29 is 27.9 Å².